The molecule has 5 nitrogen and oxygen atoms in total. The maximum absolute atomic E-state index is 11.9. The molecule has 0 aliphatic rings. The van der Waals surface area contributed by atoms with Crippen LogP contribution >= 0.6 is 0 Å². The van der Waals surface area contributed by atoms with Crippen molar-refractivity contribution in [3.05, 3.63) is 26.4 Å². The summed E-state index contributed by atoms with van der Waals surface area (Å²) in [5, 5.41) is 10.2. The Morgan fingerprint density at radius 1 is 1.32 bits per heavy atom. The number of aromatic amines is 1. The second-order valence-corrected chi connectivity index (χ2v) is 6.04. The Hall–Kier alpha value is -1.52. The van der Waals surface area contributed by atoms with Gasteiger partial charge in [-0.2, -0.15) is 0 Å². The number of H-pyrrole nitrogens is 1. The normalized spacial score (nSPS) is 12.1. The van der Waals surface area contributed by atoms with Crippen molar-refractivity contribution in [3.8, 4) is 5.88 Å². The van der Waals surface area contributed by atoms with Crippen LogP contribution in [-0.4, -0.2) is 14.7 Å². The molecule has 0 bridgehead atoms. The van der Waals surface area contributed by atoms with Gasteiger partial charge in [0.15, 0.2) is 0 Å². The number of aromatic nitrogens is 2. The van der Waals surface area contributed by atoms with Crippen molar-refractivity contribution >= 4 is 0 Å². The van der Waals surface area contributed by atoms with Gasteiger partial charge in [0, 0.05) is 6.54 Å². The van der Waals surface area contributed by atoms with Crippen LogP contribution in [0.4, 0.5) is 0 Å². The number of rotatable bonds is 5. The van der Waals surface area contributed by atoms with E-state index in [1.165, 1.54) is 4.57 Å². The SMILES string of the molecule is CCCc1c(O)n(CC(C)(C)C(C)C)c(=O)[nH]c1=O. The second-order valence-electron chi connectivity index (χ2n) is 6.04. The predicted molar refractivity (Wildman–Crippen MR) is 75.6 cm³/mol. The topological polar surface area (TPSA) is 75.1 Å². The van der Waals surface area contributed by atoms with Gasteiger partial charge in [0.25, 0.3) is 5.56 Å². The molecule has 0 saturated heterocycles. The molecular weight excluding hydrogens is 244 g/mol. The van der Waals surface area contributed by atoms with Crippen LogP contribution in [0.1, 0.15) is 46.6 Å². The number of nitrogens with zero attached hydrogens (tertiary/aromatic N) is 1. The maximum atomic E-state index is 11.9. The molecule has 0 unspecified atom stereocenters. The zero-order chi connectivity index (χ0) is 14.8. The molecule has 0 atom stereocenters. The smallest absolute Gasteiger partial charge is 0.331 e. The van der Waals surface area contributed by atoms with Crippen LogP contribution in [0.2, 0.25) is 0 Å². The van der Waals surface area contributed by atoms with Gasteiger partial charge in [0.1, 0.15) is 0 Å². The standard InChI is InChI=1S/C14H24N2O3/c1-6-7-10-11(17)15-13(19)16(12(10)18)8-14(4,5)9(2)3/h9,18H,6-8H2,1-5H3,(H,15,17,19). The van der Waals surface area contributed by atoms with E-state index in [2.05, 4.69) is 18.8 Å². The fourth-order valence-electron chi connectivity index (χ4n) is 1.81. The Bertz CT molecular complexity index is 553. The lowest BCUT2D eigenvalue weighted by atomic mass is 9.81. The minimum atomic E-state index is -0.545. The third-order valence-corrected chi connectivity index (χ3v) is 3.89. The van der Waals surface area contributed by atoms with Crippen LogP contribution < -0.4 is 11.2 Å². The molecule has 1 aromatic rings. The van der Waals surface area contributed by atoms with Gasteiger partial charge in [-0.1, -0.05) is 41.0 Å². The highest BCUT2D eigenvalue weighted by atomic mass is 16.3. The van der Waals surface area contributed by atoms with E-state index in [-0.39, 0.29) is 11.3 Å². The Morgan fingerprint density at radius 2 is 1.89 bits per heavy atom. The highest BCUT2D eigenvalue weighted by molar-refractivity contribution is 5.22. The Labute approximate surface area is 113 Å². The van der Waals surface area contributed by atoms with Crippen LogP contribution in [0.5, 0.6) is 5.88 Å². The number of hydrogen-bond donors (Lipinski definition) is 2. The van der Waals surface area contributed by atoms with Crippen molar-refractivity contribution in [1.29, 1.82) is 0 Å². The molecule has 19 heavy (non-hydrogen) atoms. The summed E-state index contributed by atoms with van der Waals surface area (Å²) in [5.74, 6) is 0.157. The van der Waals surface area contributed by atoms with Gasteiger partial charge >= 0.3 is 5.69 Å². The van der Waals surface area contributed by atoms with Crippen molar-refractivity contribution in [1.82, 2.24) is 9.55 Å². The molecule has 0 amide bonds. The molecule has 0 radical (unpaired) electrons. The molecule has 0 aromatic carbocycles. The molecule has 0 fully saturated rings. The molecule has 1 heterocycles. The number of aromatic hydroxyl groups is 1. The van der Waals surface area contributed by atoms with E-state index in [0.717, 1.165) is 6.42 Å². The van der Waals surface area contributed by atoms with Crippen molar-refractivity contribution in [3.63, 3.8) is 0 Å². The van der Waals surface area contributed by atoms with E-state index in [0.29, 0.717) is 24.4 Å². The summed E-state index contributed by atoms with van der Waals surface area (Å²) >= 11 is 0. The van der Waals surface area contributed by atoms with Gasteiger partial charge in [0.2, 0.25) is 5.88 Å². The van der Waals surface area contributed by atoms with Crippen LogP contribution in [0.25, 0.3) is 0 Å². The lowest BCUT2D eigenvalue weighted by molar-refractivity contribution is 0.195. The van der Waals surface area contributed by atoms with Gasteiger partial charge in [-0.15, -0.1) is 0 Å². The summed E-state index contributed by atoms with van der Waals surface area (Å²) in [7, 11) is 0. The highest BCUT2D eigenvalue weighted by Crippen LogP contribution is 2.29. The Morgan fingerprint density at radius 3 is 2.37 bits per heavy atom. The van der Waals surface area contributed by atoms with E-state index in [1.54, 1.807) is 0 Å². The zero-order valence-corrected chi connectivity index (χ0v) is 12.4. The average molecular weight is 268 g/mol. The number of nitrogens with one attached hydrogen (secondary N) is 1. The van der Waals surface area contributed by atoms with Gasteiger partial charge in [-0.05, 0) is 17.8 Å². The van der Waals surface area contributed by atoms with Crippen LogP contribution in [-0.2, 0) is 13.0 Å². The van der Waals surface area contributed by atoms with Gasteiger partial charge in [-0.3, -0.25) is 14.3 Å². The molecule has 1 aromatic heterocycles. The second kappa shape index (κ2) is 5.63. The quantitative estimate of drug-likeness (QED) is 0.856. The molecule has 0 spiro atoms. The van der Waals surface area contributed by atoms with Crippen LogP contribution in [0.15, 0.2) is 9.59 Å². The largest absolute Gasteiger partial charge is 0.494 e. The highest BCUT2D eigenvalue weighted by Gasteiger charge is 2.26. The van der Waals surface area contributed by atoms with Crippen molar-refractivity contribution in [2.45, 2.75) is 54.0 Å². The van der Waals surface area contributed by atoms with E-state index in [1.807, 2.05) is 20.8 Å². The van der Waals surface area contributed by atoms with Crippen LogP contribution in [0, 0.1) is 11.3 Å². The first kappa shape index (κ1) is 15.5. The summed E-state index contributed by atoms with van der Waals surface area (Å²) in [6.45, 7) is 10.5. The molecule has 1 rings (SSSR count). The third-order valence-electron chi connectivity index (χ3n) is 3.89. The monoisotopic (exact) mass is 268 g/mol. The van der Waals surface area contributed by atoms with Gasteiger partial charge < -0.3 is 5.11 Å². The molecule has 0 saturated carbocycles. The zero-order valence-electron chi connectivity index (χ0n) is 12.4. The molecule has 0 aliphatic carbocycles. The van der Waals surface area contributed by atoms with E-state index >= 15 is 0 Å². The van der Waals surface area contributed by atoms with Crippen molar-refractivity contribution < 1.29 is 5.11 Å². The maximum Gasteiger partial charge on any atom is 0.331 e. The first-order valence-corrected chi connectivity index (χ1v) is 6.75. The lowest BCUT2D eigenvalue weighted by Crippen LogP contribution is -2.37. The van der Waals surface area contributed by atoms with E-state index < -0.39 is 11.2 Å². The molecule has 108 valence electrons. The Kier molecular flexibility index (Phi) is 4.61. The fraction of sp³-hybridized carbons (Fsp3) is 0.714. The average Bonchev–Trinajstić information content (AvgIpc) is 2.30. The summed E-state index contributed by atoms with van der Waals surface area (Å²) in [4.78, 5) is 25.8. The molecular formula is C14H24N2O3. The lowest BCUT2D eigenvalue weighted by Gasteiger charge is -2.30. The minimum absolute atomic E-state index is 0.150. The molecule has 5 heteroatoms. The fourth-order valence-corrected chi connectivity index (χ4v) is 1.81. The predicted octanol–water partition coefficient (Wildman–Crippen LogP) is 1.88. The van der Waals surface area contributed by atoms with Crippen LogP contribution in [0.3, 0.4) is 0 Å². The first-order chi connectivity index (χ1) is 8.70. The van der Waals surface area contributed by atoms with E-state index in [9.17, 15) is 14.7 Å². The van der Waals surface area contributed by atoms with Crippen molar-refractivity contribution in [2.75, 3.05) is 0 Å². The van der Waals surface area contributed by atoms with Gasteiger partial charge in [-0.25, -0.2) is 4.79 Å². The summed E-state index contributed by atoms with van der Waals surface area (Å²) in [5.41, 5.74) is -0.885. The number of hydrogen-bond acceptors (Lipinski definition) is 3. The summed E-state index contributed by atoms with van der Waals surface area (Å²) < 4.78 is 1.27. The minimum Gasteiger partial charge on any atom is -0.494 e. The summed E-state index contributed by atoms with van der Waals surface area (Å²) in [6, 6.07) is 0. The third kappa shape index (κ3) is 3.28. The van der Waals surface area contributed by atoms with E-state index in [4.69, 9.17) is 0 Å². The van der Waals surface area contributed by atoms with Crippen molar-refractivity contribution in [2.24, 2.45) is 11.3 Å². The molecule has 2 N–H and O–H groups in total. The first-order valence-electron chi connectivity index (χ1n) is 6.75. The molecule has 0 aliphatic heterocycles. The van der Waals surface area contributed by atoms with Gasteiger partial charge in [0.05, 0.1) is 5.56 Å². The Balaban J connectivity index is 3.33. The summed E-state index contributed by atoms with van der Waals surface area (Å²) in [6.07, 6.45) is 1.20.